The molecule has 72 valence electrons. The fourth-order valence-electron chi connectivity index (χ4n) is 1.26. The molecular weight excluding hydrogens is 184 g/mol. The first-order chi connectivity index (χ1) is 6.20. The van der Waals surface area contributed by atoms with Gasteiger partial charge in [-0.05, 0) is 43.2 Å². The fraction of sp³-hybridized carbons (Fsp3) is 0.500. The summed E-state index contributed by atoms with van der Waals surface area (Å²) in [5, 5.41) is 10.5. The highest BCUT2D eigenvalue weighted by molar-refractivity contribution is 7.10. The largest absolute Gasteiger partial charge is 0.481 e. The lowest BCUT2D eigenvalue weighted by Gasteiger charge is -1.98. The summed E-state index contributed by atoms with van der Waals surface area (Å²) in [7, 11) is 0. The van der Waals surface area contributed by atoms with Gasteiger partial charge >= 0.3 is 5.97 Å². The lowest BCUT2D eigenvalue weighted by atomic mass is 10.1. The van der Waals surface area contributed by atoms with Gasteiger partial charge in [-0.15, -0.1) is 11.3 Å². The molecule has 0 radical (unpaired) electrons. The molecular formula is C10H14O2S. The molecule has 1 aromatic rings. The summed E-state index contributed by atoms with van der Waals surface area (Å²) in [6, 6.07) is 2.13. The second-order valence-electron chi connectivity index (χ2n) is 3.10. The fourth-order valence-corrected chi connectivity index (χ4v) is 2.02. The summed E-state index contributed by atoms with van der Waals surface area (Å²) < 4.78 is 0. The molecule has 1 aromatic heterocycles. The van der Waals surface area contributed by atoms with Crippen LogP contribution in [0, 0.1) is 6.92 Å². The molecule has 0 bridgehead atoms. The van der Waals surface area contributed by atoms with Gasteiger partial charge in [0.25, 0.3) is 0 Å². The molecule has 2 nitrogen and oxygen atoms in total. The molecule has 1 N–H and O–H groups in total. The maximum atomic E-state index is 10.2. The minimum absolute atomic E-state index is 0.295. The Bertz CT molecular complexity index is 278. The lowest BCUT2D eigenvalue weighted by Crippen LogP contribution is -1.94. The molecule has 13 heavy (non-hydrogen) atoms. The second-order valence-corrected chi connectivity index (χ2v) is 4.22. The van der Waals surface area contributed by atoms with Crippen molar-refractivity contribution in [2.75, 3.05) is 0 Å². The molecule has 1 heterocycles. The number of carboxylic acid groups (broad SMARTS) is 1. The molecule has 0 atom stereocenters. The van der Waals surface area contributed by atoms with Crippen LogP contribution in [0.5, 0.6) is 0 Å². The zero-order valence-corrected chi connectivity index (χ0v) is 8.56. The van der Waals surface area contributed by atoms with Crippen molar-refractivity contribution in [3.63, 3.8) is 0 Å². The molecule has 0 amide bonds. The second kappa shape index (κ2) is 5.02. The van der Waals surface area contributed by atoms with Gasteiger partial charge in [-0.3, -0.25) is 4.79 Å². The number of hydrogen-bond donors (Lipinski definition) is 1. The smallest absolute Gasteiger partial charge is 0.303 e. The van der Waals surface area contributed by atoms with Crippen molar-refractivity contribution in [3.05, 3.63) is 21.9 Å². The Kier molecular flexibility index (Phi) is 3.96. The third-order valence-corrected chi connectivity index (χ3v) is 2.94. The lowest BCUT2D eigenvalue weighted by molar-refractivity contribution is -0.137. The van der Waals surface area contributed by atoms with Crippen LogP contribution in [0.15, 0.2) is 11.4 Å². The Balaban J connectivity index is 2.20. The third kappa shape index (κ3) is 3.59. The number of rotatable bonds is 5. The number of aliphatic carboxylic acids is 1. The van der Waals surface area contributed by atoms with E-state index in [2.05, 4.69) is 18.4 Å². The van der Waals surface area contributed by atoms with E-state index in [1.54, 1.807) is 11.3 Å². The van der Waals surface area contributed by atoms with Crippen LogP contribution in [0.3, 0.4) is 0 Å². The Morgan fingerprint density at radius 3 is 2.85 bits per heavy atom. The quantitative estimate of drug-likeness (QED) is 0.739. The van der Waals surface area contributed by atoms with E-state index in [9.17, 15) is 4.79 Å². The van der Waals surface area contributed by atoms with E-state index >= 15 is 0 Å². The van der Waals surface area contributed by atoms with Crippen molar-refractivity contribution in [2.24, 2.45) is 0 Å². The third-order valence-electron chi connectivity index (χ3n) is 2.05. The molecule has 1 rings (SSSR count). The first-order valence-electron chi connectivity index (χ1n) is 4.45. The van der Waals surface area contributed by atoms with Crippen LogP contribution in [0.1, 0.15) is 29.7 Å². The average Bonchev–Trinajstić information content (AvgIpc) is 2.45. The van der Waals surface area contributed by atoms with Crippen LogP contribution < -0.4 is 0 Å². The van der Waals surface area contributed by atoms with Gasteiger partial charge in [-0.2, -0.15) is 0 Å². The molecule has 0 aliphatic heterocycles. The Morgan fingerprint density at radius 2 is 2.31 bits per heavy atom. The number of unbranched alkanes of at least 4 members (excludes halogenated alkanes) is 1. The minimum Gasteiger partial charge on any atom is -0.481 e. The van der Waals surface area contributed by atoms with E-state index in [4.69, 9.17) is 5.11 Å². The summed E-state index contributed by atoms with van der Waals surface area (Å²) in [6.45, 7) is 2.11. The monoisotopic (exact) mass is 198 g/mol. The molecule has 0 spiro atoms. The Morgan fingerprint density at radius 1 is 1.54 bits per heavy atom. The maximum Gasteiger partial charge on any atom is 0.303 e. The van der Waals surface area contributed by atoms with Crippen molar-refractivity contribution in [1.29, 1.82) is 0 Å². The summed E-state index contributed by atoms with van der Waals surface area (Å²) >= 11 is 1.75. The van der Waals surface area contributed by atoms with E-state index in [1.807, 2.05) is 0 Å². The van der Waals surface area contributed by atoms with Crippen LogP contribution in [-0.2, 0) is 11.2 Å². The highest BCUT2D eigenvalue weighted by Crippen LogP contribution is 2.17. The highest BCUT2D eigenvalue weighted by atomic mass is 32.1. The van der Waals surface area contributed by atoms with Gasteiger partial charge in [-0.25, -0.2) is 0 Å². The molecule has 0 aliphatic carbocycles. The van der Waals surface area contributed by atoms with Crippen LogP contribution >= 0.6 is 11.3 Å². The van der Waals surface area contributed by atoms with Crippen LogP contribution in [0.2, 0.25) is 0 Å². The molecule has 0 unspecified atom stereocenters. The first-order valence-corrected chi connectivity index (χ1v) is 5.33. The standard InChI is InChI=1S/C10H14O2S/c1-8-9(6-7-13-8)4-2-3-5-10(11)12/h6-7H,2-5H2,1H3,(H,11,12). The molecule has 0 aliphatic rings. The Hall–Kier alpha value is -0.830. The topological polar surface area (TPSA) is 37.3 Å². The van der Waals surface area contributed by atoms with E-state index in [0.29, 0.717) is 6.42 Å². The number of aryl methyl sites for hydroxylation is 2. The molecule has 0 fully saturated rings. The number of hydrogen-bond acceptors (Lipinski definition) is 2. The van der Waals surface area contributed by atoms with Crippen molar-refractivity contribution in [3.8, 4) is 0 Å². The predicted octanol–water partition coefficient (Wildman–Crippen LogP) is 2.85. The molecule has 3 heteroatoms. The van der Waals surface area contributed by atoms with Gasteiger partial charge in [0.2, 0.25) is 0 Å². The van der Waals surface area contributed by atoms with E-state index < -0.39 is 5.97 Å². The van der Waals surface area contributed by atoms with E-state index in [1.165, 1.54) is 10.4 Å². The van der Waals surface area contributed by atoms with Crippen molar-refractivity contribution in [2.45, 2.75) is 32.6 Å². The summed E-state index contributed by atoms with van der Waals surface area (Å²) in [4.78, 5) is 11.6. The van der Waals surface area contributed by atoms with Crippen molar-refractivity contribution >= 4 is 17.3 Å². The normalized spacial score (nSPS) is 10.2. The average molecular weight is 198 g/mol. The number of thiophene rings is 1. The van der Waals surface area contributed by atoms with Crippen LogP contribution in [-0.4, -0.2) is 11.1 Å². The molecule has 0 saturated carbocycles. The van der Waals surface area contributed by atoms with Gasteiger partial charge in [0.05, 0.1) is 0 Å². The van der Waals surface area contributed by atoms with Crippen LogP contribution in [0.4, 0.5) is 0 Å². The van der Waals surface area contributed by atoms with Gasteiger partial charge in [-0.1, -0.05) is 0 Å². The van der Waals surface area contributed by atoms with E-state index in [-0.39, 0.29) is 0 Å². The SMILES string of the molecule is Cc1sccc1CCCCC(=O)O. The summed E-state index contributed by atoms with van der Waals surface area (Å²) in [5.74, 6) is -0.693. The zero-order valence-electron chi connectivity index (χ0n) is 7.75. The maximum absolute atomic E-state index is 10.2. The first kappa shape index (κ1) is 10.3. The van der Waals surface area contributed by atoms with Crippen molar-refractivity contribution in [1.82, 2.24) is 0 Å². The van der Waals surface area contributed by atoms with Gasteiger partial charge in [0.15, 0.2) is 0 Å². The van der Waals surface area contributed by atoms with Crippen molar-refractivity contribution < 1.29 is 9.90 Å². The molecule has 0 aromatic carbocycles. The van der Waals surface area contributed by atoms with Gasteiger partial charge in [0.1, 0.15) is 0 Å². The number of carbonyl (C=O) groups is 1. The van der Waals surface area contributed by atoms with Crippen LogP contribution in [0.25, 0.3) is 0 Å². The summed E-state index contributed by atoms with van der Waals surface area (Å²) in [5.41, 5.74) is 1.37. The molecule has 0 saturated heterocycles. The predicted molar refractivity (Wildman–Crippen MR) is 54.2 cm³/mol. The van der Waals surface area contributed by atoms with Gasteiger partial charge < -0.3 is 5.11 Å². The van der Waals surface area contributed by atoms with E-state index in [0.717, 1.165) is 19.3 Å². The van der Waals surface area contributed by atoms with Gasteiger partial charge in [0, 0.05) is 11.3 Å². The minimum atomic E-state index is -0.693. The highest BCUT2D eigenvalue weighted by Gasteiger charge is 2.00. The summed E-state index contributed by atoms with van der Waals surface area (Å²) in [6.07, 6.45) is 3.07. The number of carboxylic acids is 1. The Labute approximate surface area is 82.2 Å². The zero-order chi connectivity index (χ0) is 9.68.